The minimum atomic E-state index is 0.798. The number of fused-ring (bicyclic) bond motifs is 1. The fourth-order valence-corrected chi connectivity index (χ4v) is 2.97. The zero-order chi connectivity index (χ0) is 13.1. The Morgan fingerprint density at radius 2 is 2.11 bits per heavy atom. The molecule has 102 valence electrons. The Bertz CT molecular complexity index is 543. The van der Waals surface area contributed by atoms with Crippen LogP contribution in [-0.2, 0) is 6.54 Å². The highest BCUT2D eigenvalue weighted by molar-refractivity contribution is 6.31. The lowest BCUT2D eigenvalue weighted by molar-refractivity contribution is 0.356. The number of benzene rings is 1. The highest BCUT2D eigenvalue weighted by Crippen LogP contribution is 2.22. The molecule has 0 radical (unpaired) electrons. The molecule has 1 fully saturated rings. The first-order valence-corrected chi connectivity index (χ1v) is 7.37. The van der Waals surface area contributed by atoms with Crippen LogP contribution in [0.4, 0.5) is 0 Å². The summed E-state index contributed by atoms with van der Waals surface area (Å²) in [5.74, 6) is 0.815. The van der Waals surface area contributed by atoms with Crippen molar-refractivity contribution in [2.24, 2.45) is 5.92 Å². The Labute approximate surface area is 118 Å². The molecule has 4 heteroatoms. The maximum Gasteiger partial charge on any atom is 0.0458 e. The molecule has 0 saturated carbocycles. The maximum absolute atomic E-state index is 6.06. The van der Waals surface area contributed by atoms with Crippen LogP contribution in [0, 0.1) is 5.92 Å². The second kappa shape index (κ2) is 5.95. The summed E-state index contributed by atoms with van der Waals surface area (Å²) < 4.78 is 0. The van der Waals surface area contributed by atoms with Crippen LogP contribution < -0.4 is 10.6 Å². The van der Waals surface area contributed by atoms with Gasteiger partial charge in [0.25, 0.3) is 0 Å². The Kier molecular flexibility index (Phi) is 4.06. The van der Waals surface area contributed by atoms with Gasteiger partial charge in [-0.25, -0.2) is 0 Å². The molecule has 1 aromatic carbocycles. The third kappa shape index (κ3) is 3.11. The van der Waals surface area contributed by atoms with Gasteiger partial charge >= 0.3 is 0 Å². The lowest BCUT2D eigenvalue weighted by Crippen LogP contribution is -2.33. The topological polar surface area (TPSA) is 39.9 Å². The molecule has 0 amide bonds. The van der Waals surface area contributed by atoms with E-state index in [1.165, 1.54) is 23.8 Å². The summed E-state index contributed by atoms with van der Waals surface area (Å²) in [6, 6.07) is 6.00. The third-order valence-corrected chi connectivity index (χ3v) is 4.17. The van der Waals surface area contributed by atoms with E-state index in [4.69, 9.17) is 11.6 Å². The summed E-state index contributed by atoms with van der Waals surface area (Å²) in [5, 5.41) is 9.00. The molecule has 0 atom stereocenters. The van der Waals surface area contributed by atoms with Gasteiger partial charge in [0, 0.05) is 28.7 Å². The monoisotopic (exact) mass is 277 g/mol. The summed E-state index contributed by atoms with van der Waals surface area (Å²) in [5.41, 5.74) is 2.45. The normalized spacial score (nSPS) is 17.1. The lowest BCUT2D eigenvalue weighted by Gasteiger charge is -2.22. The van der Waals surface area contributed by atoms with Gasteiger partial charge < -0.3 is 15.6 Å². The SMILES string of the molecule is Clc1ccc2[nH]cc(CNCC3CCNCC3)c2c1. The predicted octanol–water partition coefficient (Wildman–Crippen LogP) is 2.91. The number of aromatic nitrogens is 1. The number of hydrogen-bond acceptors (Lipinski definition) is 2. The van der Waals surface area contributed by atoms with Crippen LogP contribution in [-0.4, -0.2) is 24.6 Å². The van der Waals surface area contributed by atoms with E-state index in [0.717, 1.165) is 42.6 Å². The Morgan fingerprint density at radius 1 is 1.26 bits per heavy atom. The van der Waals surface area contributed by atoms with Crippen molar-refractivity contribution in [3.63, 3.8) is 0 Å². The van der Waals surface area contributed by atoms with Gasteiger partial charge in [-0.1, -0.05) is 11.6 Å². The van der Waals surface area contributed by atoms with Crippen LogP contribution in [0.25, 0.3) is 10.9 Å². The van der Waals surface area contributed by atoms with Crippen LogP contribution >= 0.6 is 11.6 Å². The van der Waals surface area contributed by atoms with Gasteiger partial charge in [0.05, 0.1) is 0 Å². The fraction of sp³-hybridized carbons (Fsp3) is 0.467. The van der Waals surface area contributed by atoms with Crippen LogP contribution in [0.1, 0.15) is 18.4 Å². The molecule has 1 aliphatic rings. The molecule has 0 unspecified atom stereocenters. The lowest BCUT2D eigenvalue weighted by atomic mass is 9.98. The van der Waals surface area contributed by atoms with Gasteiger partial charge in [-0.2, -0.15) is 0 Å². The summed E-state index contributed by atoms with van der Waals surface area (Å²) in [6.07, 6.45) is 4.65. The third-order valence-electron chi connectivity index (χ3n) is 3.94. The first-order valence-electron chi connectivity index (χ1n) is 7.00. The van der Waals surface area contributed by atoms with Crippen molar-refractivity contribution in [2.45, 2.75) is 19.4 Å². The van der Waals surface area contributed by atoms with Crippen molar-refractivity contribution >= 4 is 22.5 Å². The molecular formula is C15H20ClN3. The van der Waals surface area contributed by atoms with E-state index in [-0.39, 0.29) is 0 Å². The molecular weight excluding hydrogens is 258 g/mol. The molecule has 0 aliphatic carbocycles. The van der Waals surface area contributed by atoms with Gasteiger partial charge in [0.15, 0.2) is 0 Å². The van der Waals surface area contributed by atoms with Crippen molar-refractivity contribution in [3.05, 3.63) is 35.0 Å². The first kappa shape index (κ1) is 13.0. The number of halogens is 1. The molecule has 3 N–H and O–H groups in total. The minimum Gasteiger partial charge on any atom is -0.361 e. The maximum atomic E-state index is 6.06. The Morgan fingerprint density at radius 3 is 2.95 bits per heavy atom. The summed E-state index contributed by atoms with van der Waals surface area (Å²) in [7, 11) is 0. The minimum absolute atomic E-state index is 0.798. The van der Waals surface area contributed by atoms with E-state index in [1.807, 2.05) is 18.2 Å². The predicted molar refractivity (Wildman–Crippen MR) is 80.6 cm³/mol. The standard InChI is InChI=1S/C15H20ClN3/c16-13-1-2-15-14(7-13)12(10-19-15)9-18-8-11-3-5-17-6-4-11/h1-2,7,10-11,17-19H,3-6,8-9H2. The smallest absolute Gasteiger partial charge is 0.0458 e. The molecule has 3 nitrogen and oxygen atoms in total. The van der Waals surface area contributed by atoms with E-state index < -0.39 is 0 Å². The summed E-state index contributed by atoms with van der Waals surface area (Å²) >= 11 is 6.06. The average Bonchev–Trinajstić information content (AvgIpc) is 2.83. The quantitative estimate of drug-likeness (QED) is 0.804. The molecule has 3 rings (SSSR count). The van der Waals surface area contributed by atoms with E-state index in [9.17, 15) is 0 Å². The summed E-state index contributed by atoms with van der Waals surface area (Å²) in [4.78, 5) is 3.30. The van der Waals surface area contributed by atoms with Crippen molar-refractivity contribution in [3.8, 4) is 0 Å². The van der Waals surface area contributed by atoms with Gasteiger partial charge in [-0.3, -0.25) is 0 Å². The molecule has 1 aromatic heterocycles. The van der Waals surface area contributed by atoms with Crippen molar-refractivity contribution < 1.29 is 0 Å². The highest BCUT2D eigenvalue weighted by atomic mass is 35.5. The van der Waals surface area contributed by atoms with E-state index >= 15 is 0 Å². The summed E-state index contributed by atoms with van der Waals surface area (Å²) in [6.45, 7) is 4.34. The zero-order valence-electron chi connectivity index (χ0n) is 11.0. The molecule has 1 aliphatic heterocycles. The van der Waals surface area contributed by atoms with Crippen molar-refractivity contribution in [1.82, 2.24) is 15.6 Å². The van der Waals surface area contributed by atoms with Gasteiger partial charge in [0.2, 0.25) is 0 Å². The van der Waals surface area contributed by atoms with E-state index in [2.05, 4.69) is 21.8 Å². The molecule has 1 saturated heterocycles. The van der Waals surface area contributed by atoms with Crippen LogP contribution in [0.2, 0.25) is 5.02 Å². The zero-order valence-corrected chi connectivity index (χ0v) is 11.8. The average molecular weight is 278 g/mol. The first-order chi connectivity index (χ1) is 9.33. The van der Waals surface area contributed by atoms with Crippen LogP contribution in [0.5, 0.6) is 0 Å². The Hall–Kier alpha value is -1.03. The number of hydrogen-bond donors (Lipinski definition) is 3. The number of aromatic amines is 1. The molecule has 0 spiro atoms. The second-order valence-electron chi connectivity index (χ2n) is 5.33. The van der Waals surface area contributed by atoms with Crippen molar-refractivity contribution in [2.75, 3.05) is 19.6 Å². The van der Waals surface area contributed by atoms with E-state index in [0.29, 0.717) is 0 Å². The number of rotatable bonds is 4. The fourth-order valence-electron chi connectivity index (χ4n) is 2.79. The van der Waals surface area contributed by atoms with Crippen LogP contribution in [0.3, 0.4) is 0 Å². The largest absolute Gasteiger partial charge is 0.361 e. The molecule has 19 heavy (non-hydrogen) atoms. The second-order valence-corrected chi connectivity index (χ2v) is 5.76. The molecule has 2 heterocycles. The molecule has 0 bridgehead atoms. The number of nitrogens with one attached hydrogen (secondary N) is 3. The van der Waals surface area contributed by atoms with E-state index in [1.54, 1.807) is 0 Å². The Balaban J connectivity index is 1.60. The van der Waals surface area contributed by atoms with Crippen LogP contribution in [0.15, 0.2) is 24.4 Å². The highest BCUT2D eigenvalue weighted by Gasteiger charge is 2.12. The number of piperidine rings is 1. The molecule has 2 aromatic rings. The van der Waals surface area contributed by atoms with Gasteiger partial charge in [-0.05, 0) is 62.2 Å². The van der Waals surface area contributed by atoms with Gasteiger partial charge in [-0.15, -0.1) is 0 Å². The number of H-pyrrole nitrogens is 1. The van der Waals surface area contributed by atoms with Crippen molar-refractivity contribution in [1.29, 1.82) is 0 Å². The van der Waals surface area contributed by atoms with Gasteiger partial charge in [0.1, 0.15) is 0 Å².